The molecule has 2 aromatic heterocycles. The van der Waals surface area contributed by atoms with Gasteiger partial charge in [0.15, 0.2) is 0 Å². The third kappa shape index (κ3) is 4.24. The minimum Gasteiger partial charge on any atom is -0.472 e. The number of thiazole rings is 1. The minimum atomic E-state index is -0.189. The molecule has 1 saturated heterocycles. The van der Waals surface area contributed by atoms with Gasteiger partial charge in [-0.25, -0.2) is 4.98 Å². The van der Waals surface area contributed by atoms with Crippen LogP contribution in [0.1, 0.15) is 45.1 Å². The maximum Gasteiger partial charge on any atom is 0.274 e. The predicted molar refractivity (Wildman–Crippen MR) is 112 cm³/mol. The lowest BCUT2D eigenvalue weighted by Crippen LogP contribution is -2.49. The number of amides is 2. The highest BCUT2D eigenvalue weighted by Crippen LogP contribution is 2.32. The first kappa shape index (κ1) is 19.4. The molecule has 0 radical (unpaired) electrons. The summed E-state index contributed by atoms with van der Waals surface area (Å²) in [6, 6.07) is 11.5. The fourth-order valence-electron chi connectivity index (χ4n) is 3.68. The molecule has 1 aliphatic heterocycles. The molecule has 4 rings (SSSR count). The fourth-order valence-corrected chi connectivity index (χ4v) is 4.60. The van der Waals surface area contributed by atoms with Crippen LogP contribution in [0.4, 0.5) is 0 Å². The molecule has 1 fully saturated rings. The summed E-state index contributed by atoms with van der Waals surface area (Å²) in [7, 11) is 0. The molecule has 0 spiro atoms. The van der Waals surface area contributed by atoms with Gasteiger partial charge in [-0.05, 0) is 37.8 Å². The third-order valence-electron chi connectivity index (χ3n) is 5.14. The maximum atomic E-state index is 13.4. The summed E-state index contributed by atoms with van der Waals surface area (Å²) in [5.74, 6) is -0.248. The van der Waals surface area contributed by atoms with Crippen LogP contribution in [-0.4, -0.2) is 40.8 Å². The summed E-state index contributed by atoms with van der Waals surface area (Å²) >= 11 is 1.54. The molecule has 1 atom stereocenters. The van der Waals surface area contributed by atoms with Gasteiger partial charge < -0.3 is 14.6 Å². The van der Waals surface area contributed by atoms with Crippen molar-refractivity contribution in [2.24, 2.45) is 0 Å². The number of nitrogens with zero attached hydrogens (tertiary/aromatic N) is 2. The number of benzene rings is 1. The van der Waals surface area contributed by atoms with E-state index in [2.05, 4.69) is 10.3 Å². The number of rotatable bonds is 5. The lowest BCUT2D eigenvalue weighted by molar-refractivity contribution is 0.0598. The number of aryl methyl sites for hydroxylation is 1. The second kappa shape index (κ2) is 8.61. The van der Waals surface area contributed by atoms with Gasteiger partial charge in [-0.15, -0.1) is 11.3 Å². The fraction of sp³-hybridized carbons (Fsp3) is 0.318. The van der Waals surface area contributed by atoms with Crippen molar-refractivity contribution in [2.75, 3.05) is 13.1 Å². The Balaban J connectivity index is 1.53. The Labute approximate surface area is 173 Å². The molecule has 1 unspecified atom stereocenters. The molecule has 1 aliphatic rings. The zero-order valence-corrected chi connectivity index (χ0v) is 17.1. The quantitative estimate of drug-likeness (QED) is 0.687. The van der Waals surface area contributed by atoms with Crippen LogP contribution in [-0.2, 0) is 0 Å². The van der Waals surface area contributed by atoms with Crippen LogP contribution in [0.3, 0.4) is 0 Å². The smallest absolute Gasteiger partial charge is 0.274 e. The number of carbonyl (C=O) groups is 2. The highest BCUT2D eigenvalue weighted by atomic mass is 32.1. The number of likely N-dealkylation sites (tertiary alicyclic amines) is 1. The molecule has 3 heterocycles. The Morgan fingerprint density at radius 2 is 2.07 bits per heavy atom. The van der Waals surface area contributed by atoms with E-state index in [0.717, 1.165) is 34.7 Å². The second-order valence-corrected chi connectivity index (χ2v) is 8.35. The van der Waals surface area contributed by atoms with Crippen LogP contribution in [0.5, 0.6) is 0 Å². The van der Waals surface area contributed by atoms with Crippen LogP contribution in [0, 0.1) is 6.92 Å². The Morgan fingerprint density at radius 1 is 1.24 bits per heavy atom. The normalized spacial score (nSPS) is 16.6. The van der Waals surface area contributed by atoms with Crippen LogP contribution >= 0.6 is 11.3 Å². The molecular formula is C22H23N3O3S. The van der Waals surface area contributed by atoms with Crippen molar-refractivity contribution < 1.29 is 14.0 Å². The molecule has 1 aromatic carbocycles. The molecular weight excluding hydrogens is 386 g/mol. The predicted octanol–water partition coefficient (Wildman–Crippen LogP) is 4.14. The van der Waals surface area contributed by atoms with Crippen molar-refractivity contribution in [1.82, 2.24) is 15.2 Å². The first-order chi connectivity index (χ1) is 14.1. The van der Waals surface area contributed by atoms with Gasteiger partial charge in [-0.3, -0.25) is 9.59 Å². The van der Waals surface area contributed by atoms with Crippen LogP contribution in [0.2, 0.25) is 0 Å². The molecule has 0 aliphatic carbocycles. The molecule has 6 nitrogen and oxygen atoms in total. The molecule has 29 heavy (non-hydrogen) atoms. The van der Waals surface area contributed by atoms with Crippen molar-refractivity contribution in [3.8, 4) is 10.4 Å². The third-order valence-corrected chi connectivity index (χ3v) is 6.16. The number of piperidine rings is 1. The highest BCUT2D eigenvalue weighted by molar-refractivity contribution is 7.15. The largest absolute Gasteiger partial charge is 0.472 e. The van der Waals surface area contributed by atoms with E-state index in [-0.39, 0.29) is 17.9 Å². The van der Waals surface area contributed by atoms with Crippen molar-refractivity contribution in [2.45, 2.75) is 32.2 Å². The summed E-state index contributed by atoms with van der Waals surface area (Å²) in [4.78, 5) is 33.0. The average Bonchev–Trinajstić information content (AvgIpc) is 3.42. The molecule has 7 heteroatoms. The molecule has 150 valence electrons. The number of carbonyl (C=O) groups excluding carboxylic acids is 2. The molecule has 0 bridgehead atoms. The monoisotopic (exact) mass is 409 g/mol. The van der Waals surface area contributed by atoms with E-state index in [1.807, 2.05) is 42.2 Å². The number of aromatic nitrogens is 1. The molecule has 3 aromatic rings. The summed E-state index contributed by atoms with van der Waals surface area (Å²) in [6.07, 6.45) is 5.75. The standard InChI is InChI=1S/C22H23N3O3S/c1-15-24-19(20(29-15)16-7-3-2-4-8-16)22(27)25-11-6-5-9-18(25)13-23-21(26)17-10-12-28-14-17/h2-4,7-8,10,12,14,18H,5-6,9,11,13H2,1H3,(H,23,26). The Morgan fingerprint density at radius 3 is 2.83 bits per heavy atom. The average molecular weight is 410 g/mol. The van der Waals surface area contributed by atoms with Crippen LogP contribution < -0.4 is 5.32 Å². The van der Waals surface area contributed by atoms with Crippen molar-refractivity contribution in [3.63, 3.8) is 0 Å². The zero-order chi connectivity index (χ0) is 20.2. The lowest BCUT2D eigenvalue weighted by Gasteiger charge is -2.35. The molecule has 2 amide bonds. The Hall–Kier alpha value is -2.93. The van der Waals surface area contributed by atoms with E-state index in [1.54, 1.807) is 6.07 Å². The van der Waals surface area contributed by atoms with Crippen molar-refractivity contribution in [1.29, 1.82) is 0 Å². The highest BCUT2D eigenvalue weighted by Gasteiger charge is 2.31. The second-order valence-electron chi connectivity index (χ2n) is 7.15. The van der Waals surface area contributed by atoms with Crippen molar-refractivity contribution >= 4 is 23.2 Å². The van der Waals surface area contributed by atoms with Crippen molar-refractivity contribution in [3.05, 3.63) is 65.2 Å². The van der Waals surface area contributed by atoms with E-state index in [0.29, 0.717) is 24.3 Å². The van der Waals surface area contributed by atoms with Gasteiger partial charge in [0.25, 0.3) is 11.8 Å². The topological polar surface area (TPSA) is 75.4 Å². The SMILES string of the molecule is Cc1nc(C(=O)N2CCCCC2CNC(=O)c2ccoc2)c(-c2ccccc2)s1. The van der Waals surface area contributed by atoms with Gasteiger partial charge in [0.05, 0.1) is 21.7 Å². The zero-order valence-electron chi connectivity index (χ0n) is 16.3. The van der Waals surface area contributed by atoms with Gasteiger partial charge in [0.1, 0.15) is 12.0 Å². The first-order valence-electron chi connectivity index (χ1n) is 9.77. The van der Waals surface area contributed by atoms with Gasteiger partial charge in [-0.2, -0.15) is 0 Å². The van der Waals surface area contributed by atoms with Gasteiger partial charge in [0, 0.05) is 19.1 Å². The maximum absolute atomic E-state index is 13.4. The van der Waals surface area contributed by atoms with Crippen LogP contribution in [0.15, 0.2) is 53.3 Å². The van der Waals surface area contributed by atoms with Gasteiger partial charge in [-0.1, -0.05) is 30.3 Å². The van der Waals surface area contributed by atoms with Crippen LogP contribution in [0.25, 0.3) is 10.4 Å². The van der Waals surface area contributed by atoms with E-state index >= 15 is 0 Å². The van der Waals surface area contributed by atoms with Gasteiger partial charge >= 0.3 is 0 Å². The number of hydrogen-bond donors (Lipinski definition) is 1. The minimum absolute atomic E-state index is 0.0438. The summed E-state index contributed by atoms with van der Waals surface area (Å²) in [5, 5.41) is 3.80. The molecule has 0 saturated carbocycles. The van der Waals surface area contributed by atoms with E-state index in [4.69, 9.17) is 4.42 Å². The van der Waals surface area contributed by atoms with E-state index in [9.17, 15) is 9.59 Å². The summed E-state index contributed by atoms with van der Waals surface area (Å²) in [6.45, 7) is 3.02. The molecule has 1 N–H and O–H groups in total. The van der Waals surface area contributed by atoms with E-state index < -0.39 is 0 Å². The number of furan rings is 1. The number of nitrogens with one attached hydrogen (secondary N) is 1. The summed E-state index contributed by atoms with van der Waals surface area (Å²) in [5.41, 5.74) is 2.00. The lowest BCUT2D eigenvalue weighted by atomic mass is 10.0. The van der Waals surface area contributed by atoms with Gasteiger partial charge in [0.2, 0.25) is 0 Å². The van der Waals surface area contributed by atoms with E-state index in [1.165, 1.54) is 23.9 Å². The summed E-state index contributed by atoms with van der Waals surface area (Å²) < 4.78 is 4.97. The Kier molecular flexibility index (Phi) is 5.76. The Bertz CT molecular complexity index is 982. The first-order valence-corrected chi connectivity index (χ1v) is 10.6. The number of hydrogen-bond acceptors (Lipinski definition) is 5.